The summed E-state index contributed by atoms with van der Waals surface area (Å²) in [7, 11) is 0. The van der Waals surface area contributed by atoms with Crippen LogP contribution in [-0.2, 0) is 0 Å². The summed E-state index contributed by atoms with van der Waals surface area (Å²) in [5.74, 6) is 0. The molecule has 0 unspecified atom stereocenters. The van der Waals surface area contributed by atoms with Crippen molar-refractivity contribution < 1.29 is 8.83 Å². The van der Waals surface area contributed by atoms with Gasteiger partial charge in [-0.25, -0.2) is 0 Å². The summed E-state index contributed by atoms with van der Waals surface area (Å²) >= 11 is 0. The Morgan fingerprint density at radius 3 is 1.27 bits per heavy atom. The van der Waals surface area contributed by atoms with E-state index in [1.807, 2.05) is 24.3 Å². The van der Waals surface area contributed by atoms with Crippen LogP contribution in [0.2, 0.25) is 0 Å². The number of hydrogen-bond acceptors (Lipinski definition) is 4. The molecule has 0 amide bonds. The molecule has 0 N–H and O–H groups in total. The van der Waals surface area contributed by atoms with Crippen LogP contribution in [0.4, 0.5) is 0 Å². The summed E-state index contributed by atoms with van der Waals surface area (Å²) in [6.07, 6.45) is 0. The maximum absolute atomic E-state index is 6.44. The predicted molar refractivity (Wildman–Crippen MR) is 274 cm³/mol. The summed E-state index contributed by atoms with van der Waals surface area (Å²) in [6.45, 7) is 4.25. The average molecular weight is 845 g/mol. The van der Waals surface area contributed by atoms with Gasteiger partial charge in [0.2, 0.25) is 0 Å². The van der Waals surface area contributed by atoms with Crippen molar-refractivity contribution in [3.63, 3.8) is 0 Å². The molecule has 0 aliphatic carbocycles. The minimum absolute atomic E-state index is 0.891. The molecule has 9 aromatic carbocycles. The summed E-state index contributed by atoms with van der Waals surface area (Å²) in [5, 5.41) is 6.63. The monoisotopic (exact) mass is 844 g/mol. The van der Waals surface area contributed by atoms with Gasteiger partial charge >= 0.3 is 0 Å². The molecule has 4 nitrogen and oxygen atoms in total. The molecule has 310 valence electrons. The van der Waals surface area contributed by atoms with Crippen LogP contribution in [-0.4, -0.2) is 9.97 Å². The number of nitrogens with zero attached hydrogens (tertiary/aromatic N) is 2. The Hall–Kier alpha value is -8.60. The molecule has 0 radical (unpaired) electrons. The van der Waals surface area contributed by atoms with E-state index in [9.17, 15) is 0 Å². The number of aryl methyl sites for hydroxylation is 2. The first-order valence-corrected chi connectivity index (χ1v) is 22.5. The highest BCUT2D eigenvalue weighted by molar-refractivity contribution is 6.17. The van der Waals surface area contributed by atoms with Gasteiger partial charge in [0.1, 0.15) is 22.3 Å². The van der Waals surface area contributed by atoms with E-state index in [1.165, 1.54) is 0 Å². The molecule has 66 heavy (non-hydrogen) atoms. The minimum atomic E-state index is 0.891. The van der Waals surface area contributed by atoms with Crippen molar-refractivity contribution in [3.8, 4) is 66.8 Å². The number of furan rings is 2. The Balaban J connectivity index is 0.977. The lowest BCUT2D eigenvalue weighted by atomic mass is 9.87. The number of pyridine rings is 2. The van der Waals surface area contributed by atoms with Gasteiger partial charge in [0.15, 0.2) is 0 Å². The third-order valence-electron chi connectivity index (χ3n) is 13.4. The maximum atomic E-state index is 6.44. The van der Waals surface area contributed by atoms with Gasteiger partial charge in [-0.3, -0.25) is 9.97 Å². The second kappa shape index (κ2) is 15.0. The lowest BCUT2D eigenvalue weighted by Gasteiger charge is -2.20. The third-order valence-corrected chi connectivity index (χ3v) is 13.4. The maximum Gasteiger partial charge on any atom is 0.143 e. The SMILES string of the molecule is Cc1nc2c(cc1-c1ccc(-c3cccc4c3oc3ccccc34)cc1)c(-c1ccccc1)cc1c(-c3ccccc3)c(-c3ccc(-c4cccc5c4oc4ccccc45)cc3)c(C)nc12. The van der Waals surface area contributed by atoms with Gasteiger partial charge in [-0.05, 0) is 77.1 Å². The highest BCUT2D eigenvalue weighted by Crippen LogP contribution is 2.46. The summed E-state index contributed by atoms with van der Waals surface area (Å²) in [4.78, 5) is 11.0. The number of rotatable bonds is 6. The summed E-state index contributed by atoms with van der Waals surface area (Å²) < 4.78 is 12.9. The number of aromatic nitrogens is 2. The molecule has 0 saturated heterocycles. The van der Waals surface area contributed by atoms with Crippen LogP contribution in [0, 0.1) is 13.8 Å². The van der Waals surface area contributed by atoms with E-state index in [-0.39, 0.29) is 0 Å². The van der Waals surface area contributed by atoms with Gasteiger partial charge in [0, 0.05) is 71.5 Å². The lowest BCUT2D eigenvalue weighted by molar-refractivity contribution is 0.669. The highest BCUT2D eigenvalue weighted by Gasteiger charge is 2.23. The molecule has 0 spiro atoms. The van der Waals surface area contributed by atoms with E-state index >= 15 is 0 Å². The van der Waals surface area contributed by atoms with Crippen molar-refractivity contribution >= 4 is 65.7 Å². The van der Waals surface area contributed by atoms with E-state index in [0.717, 1.165) is 144 Å². The average Bonchev–Trinajstić information content (AvgIpc) is 3.95. The van der Waals surface area contributed by atoms with Crippen LogP contribution < -0.4 is 0 Å². The summed E-state index contributed by atoms with van der Waals surface area (Å²) in [5.41, 5.74) is 20.5. The molecule has 0 saturated carbocycles. The van der Waals surface area contributed by atoms with Crippen molar-refractivity contribution in [1.29, 1.82) is 0 Å². The zero-order chi connectivity index (χ0) is 43.9. The zero-order valence-electron chi connectivity index (χ0n) is 36.3. The summed E-state index contributed by atoms with van der Waals surface area (Å²) in [6, 6.07) is 73.1. The van der Waals surface area contributed by atoms with Gasteiger partial charge in [0.05, 0.1) is 11.0 Å². The Morgan fingerprint density at radius 1 is 0.288 bits per heavy atom. The molecule has 13 aromatic rings. The fourth-order valence-electron chi connectivity index (χ4n) is 10.3. The number of para-hydroxylation sites is 4. The van der Waals surface area contributed by atoms with Crippen LogP contribution in [0.5, 0.6) is 0 Å². The standard InChI is InChI=1S/C62H40N2O2/c1-37-51(42-29-27-40(28-30-42)45-21-13-23-49-47-19-9-11-25-55(47)65-61(45)49)35-53-52(39-15-5-3-6-16-39)36-54-58(43-17-7-4-8-18-43)57(38(2)64-60(54)59(53)63-37)44-33-31-41(32-34-44)46-22-14-24-50-48-20-10-12-26-56(48)66-62(46)50/h3-36H,1-2H3. The normalized spacial score (nSPS) is 11.8. The van der Waals surface area contributed by atoms with Gasteiger partial charge in [-0.2, -0.15) is 0 Å². The minimum Gasteiger partial charge on any atom is -0.455 e. The predicted octanol–water partition coefficient (Wildman–Crippen LogP) is 17.2. The second-order valence-electron chi connectivity index (χ2n) is 17.2. The third kappa shape index (κ3) is 5.99. The van der Waals surface area contributed by atoms with Gasteiger partial charge in [-0.15, -0.1) is 0 Å². The molecule has 4 aromatic heterocycles. The Kier molecular flexibility index (Phi) is 8.62. The Bertz CT molecular complexity index is 4030. The first-order chi connectivity index (χ1) is 32.6. The molecular formula is C62H40N2O2. The van der Waals surface area contributed by atoms with Gasteiger partial charge in [-0.1, -0.05) is 182 Å². The Labute approximate surface area is 381 Å². The lowest BCUT2D eigenvalue weighted by Crippen LogP contribution is -2.00. The van der Waals surface area contributed by atoms with Gasteiger partial charge < -0.3 is 8.83 Å². The van der Waals surface area contributed by atoms with Crippen molar-refractivity contribution in [3.05, 3.63) is 218 Å². The zero-order valence-corrected chi connectivity index (χ0v) is 36.3. The molecule has 13 rings (SSSR count). The van der Waals surface area contributed by atoms with E-state index in [2.05, 4.69) is 196 Å². The molecule has 0 aliphatic heterocycles. The van der Waals surface area contributed by atoms with Crippen molar-refractivity contribution in [1.82, 2.24) is 9.97 Å². The fraction of sp³-hybridized carbons (Fsp3) is 0.0323. The van der Waals surface area contributed by atoms with Crippen LogP contribution in [0.1, 0.15) is 11.4 Å². The van der Waals surface area contributed by atoms with E-state index < -0.39 is 0 Å². The Morgan fingerprint density at radius 2 is 0.697 bits per heavy atom. The fourth-order valence-corrected chi connectivity index (χ4v) is 10.3. The van der Waals surface area contributed by atoms with Crippen LogP contribution >= 0.6 is 0 Å². The van der Waals surface area contributed by atoms with Crippen molar-refractivity contribution in [2.45, 2.75) is 13.8 Å². The molecular weight excluding hydrogens is 805 g/mol. The number of hydrogen-bond donors (Lipinski definition) is 0. The van der Waals surface area contributed by atoms with Crippen LogP contribution in [0.25, 0.3) is 132 Å². The molecule has 0 aliphatic rings. The van der Waals surface area contributed by atoms with Gasteiger partial charge in [0.25, 0.3) is 0 Å². The number of fused-ring (bicyclic) bond motifs is 9. The van der Waals surface area contributed by atoms with Crippen LogP contribution in [0.3, 0.4) is 0 Å². The first-order valence-electron chi connectivity index (χ1n) is 22.5. The molecule has 4 heterocycles. The quantitative estimate of drug-likeness (QED) is 0.156. The largest absolute Gasteiger partial charge is 0.455 e. The number of benzene rings is 9. The van der Waals surface area contributed by atoms with E-state index in [4.69, 9.17) is 18.8 Å². The van der Waals surface area contributed by atoms with Crippen molar-refractivity contribution in [2.24, 2.45) is 0 Å². The second-order valence-corrected chi connectivity index (χ2v) is 17.2. The molecule has 4 heteroatoms. The van der Waals surface area contributed by atoms with E-state index in [0.29, 0.717) is 0 Å². The molecule has 0 fully saturated rings. The topological polar surface area (TPSA) is 52.1 Å². The molecule has 0 atom stereocenters. The molecule has 0 bridgehead atoms. The first kappa shape index (κ1) is 37.9. The van der Waals surface area contributed by atoms with Crippen LogP contribution in [0.15, 0.2) is 215 Å². The smallest absolute Gasteiger partial charge is 0.143 e. The van der Waals surface area contributed by atoms with Crippen molar-refractivity contribution in [2.75, 3.05) is 0 Å². The van der Waals surface area contributed by atoms with E-state index in [1.54, 1.807) is 0 Å². The highest BCUT2D eigenvalue weighted by atomic mass is 16.3.